The predicted molar refractivity (Wildman–Crippen MR) is 82.9 cm³/mol. The fourth-order valence-electron chi connectivity index (χ4n) is 1.83. The van der Waals surface area contributed by atoms with Crippen molar-refractivity contribution >= 4 is 12.2 Å². The van der Waals surface area contributed by atoms with Crippen LogP contribution in [0, 0.1) is 12.3 Å². The van der Waals surface area contributed by atoms with Crippen LogP contribution in [-0.2, 0) is 0 Å². The summed E-state index contributed by atoms with van der Waals surface area (Å²) >= 11 is 0. The maximum atomic E-state index is 5.53. The first-order valence-electron chi connectivity index (χ1n) is 6.23. The summed E-state index contributed by atoms with van der Waals surface area (Å²) in [6, 6.07) is 13.5. The summed E-state index contributed by atoms with van der Waals surface area (Å²) in [4.78, 5) is 0. The normalized spacial score (nSPS) is 10.2. The molecule has 2 heteroatoms. The standard InChI is InChI=1S/C18H16O2/c1-4-15-13-18(20-3)12-9-16(15)8-5-14-6-10-17(19-2)11-7-14/h1,5-13H,2-3H3/b8-5+. The van der Waals surface area contributed by atoms with Crippen LogP contribution in [0.3, 0.4) is 0 Å². The number of rotatable bonds is 4. The zero-order valence-corrected chi connectivity index (χ0v) is 11.6. The van der Waals surface area contributed by atoms with E-state index >= 15 is 0 Å². The first kappa shape index (κ1) is 13.8. The zero-order chi connectivity index (χ0) is 14.4. The van der Waals surface area contributed by atoms with E-state index in [0.717, 1.165) is 28.2 Å². The van der Waals surface area contributed by atoms with Gasteiger partial charge < -0.3 is 9.47 Å². The van der Waals surface area contributed by atoms with Crippen molar-refractivity contribution in [2.45, 2.75) is 0 Å². The highest BCUT2D eigenvalue weighted by Crippen LogP contribution is 2.20. The summed E-state index contributed by atoms with van der Waals surface area (Å²) in [6.07, 6.45) is 9.54. The Morgan fingerprint density at radius 3 is 2.15 bits per heavy atom. The van der Waals surface area contributed by atoms with Crippen molar-refractivity contribution in [2.24, 2.45) is 0 Å². The fourth-order valence-corrected chi connectivity index (χ4v) is 1.83. The van der Waals surface area contributed by atoms with Gasteiger partial charge in [0.05, 0.1) is 14.2 Å². The molecule has 0 fully saturated rings. The summed E-state index contributed by atoms with van der Waals surface area (Å²) in [5.74, 6) is 4.28. The first-order chi connectivity index (χ1) is 9.76. The van der Waals surface area contributed by atoms with Crippen molar-refractivity contribution in [2.75, 3.05) is 14.2 Å². The van der Waals surface area contributed by atoms with E-state index in [9.17, 15) is 0 Å². The Kier molecular flexibility index (Phi) is 4.47. The maximum Gasteiger partial charge on any atom is 0.120 e. The Bertz CT molecular complexity index is 646. The first-order valence-corrected chi connectivity index (χ1v) is 6.23. The molecule has 0 bridgehead atoms. The fraction of sp³-hybridized carbons (Fsp3) is 0.111. The molecule has 0 aliphatic carbocycles. The molecule has 2 aromatic rings. The Labute approximate surface area is 119 Å². The van der Waals surface area contributed by atoms with Crippen molar-refractivity contribution in [3.8, 4) is 23.8 Å². The van der Waals surface area contributed by atoms with Crippen LogP contribution in [0.2, 0.25) is 0 Å². The van der Waals surface area contributed by atoms with Gasteiger partial charge in [-0.1, -0.05) is 36.3 Å². The van der Waals surface area contributed by atoms with E-state index in [2.05, 4.69) is 5.92 Å². The zero-order valence-electron chi connectivity index (χ0n) is 11.6. The van der Waals surface area contributed by atoms with Gasteiger partial charge in [0.25, 0.3) is 0 Å². The van der Waals surface area contributed by atoms with Gasteiger partial charge in [0, 0.05) is 5.56 Å². The topological polar surface area (TPSA) is 18.5 Å². The summed E-state index contributed by atoms with van der Waals surface area (Å²) in [5.41, 5.74) is 2.89. The second-order valence-corrected chi connectivity index (χ2v) is 4.20. The average molecular weight is 264 g/mol. The molecule has 0 aliphatic heterocycles. The minimum atomic E-state index is 0.763. The van der Waals surface area contributed by atoms with E-state index in [0.29, 0.717) is 0 Å². The van der Waals surface area contributed by atoms with E-state index in [1.165, 1.54) is 0 Å². The van der Waals surface area contributed by atoms with Crippen LogP contribution in [0.25, 0.3) is 12.2 Å². The van der Waals surface area contributed by atoms with Crippen LogP contribution in [0.15, 0.2) is 42.5 Å². The van der Waals surface area contributed by atoms with Gasteiger partial charge >= 0.3 is 0 Å². The molecule has 2 rings (SSSR count). The summed E-state index contributed by atoms with van der Waals surface area (Å²) in [5, 5.41) is 0. The quantitative estimate of drug-likeness (QED) is 0.616. The molecule has 0 aromatic heterocycles. The van der Waals surface area contributed by atoms with Gasteiger partial charge in [-0.25, -0.2) is 0 Å². The third-order valence-corrected chi connectivity index (χ3v) is 2.99. The largest absolute Gasteiger partial charge is 0.497 e. The van der Waals surface area contributed by atoms with Crippen LogP contribution in [0.4, 0.5) is 0 Å². The molecule has 0 amide bonds. The number of ether oxygens (including phenoxy) is 2. The lowest BCUT2D eigenvalue weighted by molar-refractivity contribution is 0.414. The minimum Gasteiger partial charge on any atom is -0.497 e. The van der Waals surface area contributed by atoms with E-state index in [-0.39, 0.29) is 0 Å². The molecule has 0 radical (unpaired) electrons. The molecule has 0 N–H and O–H groups in total. The third-order valence-electron chi connectivity index (χ3n) is 2.99. The summed E-state index contributed by atoms with van der Waals surface area (Å²) < 4.78 is 10.3. The highest BCUT2D eigenvalue weighted by atomic mass is 16.5. The number of terminal acetylenes is 1. The van der Waals surface area contributed by atoms with Crippen molar-refractivity contribution in [3.05, 3.63) is 59.2 Å². The van der Waals surface area contributed by atoms with Gasteiger partial charge in [-0.2, -0.15) is 0 Å². The van der Waals surface area contributed by atoms with Gasteiger partial charge in [-0.05, 0) is 35.4 Å². The lowest BCUT2D eigenvalue weighted by Crippen LogP contribution is -1.87. The second-order valence-electron chi connectivity index (χ2n) is 4.20. The Balaban J connectivity index is 2.24. The SMILES string of the molecule is C#Cc1cc(OC)ccc1/C=C/c1ccc(OC)cc1. The highest BCUT2D eigenvalue weighted by Gasteiger charge is 1.99. The van der Waals surface area contributed by atoms with E-state index in [1.54, 1.807) is 14.2 Å². The van der Waals surface area contributed by atoms with Crippen molar-refractivity contribution < 1.29 is 9.47 Å². The lowest BCUT2D eigenvalue weighted by Gasteiger charge is -2.04. The molecule has 0 atom stereocenters. The smallest absolute Gasteiger partial charge is 0.120 e. The molecular weight excluding hydrogens is 248 g/mol. The third kappa shape index (κ3) is 3.21. The van der Waals surface area contributed by atoms with Crippen molar-refractivity contribution in [1.29, 1.82) is 0 Å². The molecule has 0 heterocycles. The van der Waals surface area contributed by atoms with Gasteiger partial charge in [-0.3, -0.25) is 0 Å². The number of methoxy groups -OCH3 is 2. The molecule has 0 saturated carbocycles. The van der Waals surface area contributed by atoms with Crippen LogP contribution < -0.4 is 9.47 Å². The molecule has 0 saturated heterocycles. The van der Waals surface area contributed by atoms with Crippen LogP contribution >= 0.6 is 0 Å². The Morgan fingerprint density at radius 2 is 1.55 bits per heavy atom. The molecule has 0 unspecified atom stereocenters. The molecule has 0 spiro atoms. The molecule has 20 heavy (non-hydrogen) atoms. The van der Waals surface area contributed by atoms with Gasteiger partial charge in [-0.15, -0.1) is 6.42 Å². The monoisotopic (exact) mass is 264 g/mol. The number of hydrogen-bond donors (Lipinski definition) is 0. The highest BCUT2D eigenvalue weighted by molar-refractivity contribution is 5.73. The predicted octanol–water partition coefficient (Wildman–Crippen LogP) is 3.86. The van der Waals surface area contributed by atoms with E-state index in [1.807, 2.05) is 54.6 Å². The van der Waals surface area contributed by atoms with Crippen molar-refractivity contribution in [1.82, 2.24) is 0 Å². The maximum absolute atomic E-state index is 5.53. The van der Waals surface area contributed by atoms with Crippen LogP contribution in [0.1, 0.15) is 16.7 Å². The number of benzene rings is 2. The van der Waals surface area contributed by atoms with E-state index < -0.39 is 0 Å². The second kappa shape index (κ2) is 6.49. The Hall–Kier alpha value is -2.66. The molecule has 2 nitrogen and oxygen atoms in total. The van der Waals surface area contributed by atoms with Gasteiger partial charge in [0.1, 0.15) is 11.5 Å². The van der Waals surface area contributed by atoms with E-state index in [4.69, 9.17) is 15.9 Å². The molecule has 100 valence electrons. The van der Waals surface area contributed by atoms with Crippen LogP contribution in [-0.4, -0.2) is 14.2 Å². The summed E-state index contributed by atoms with van der Waals surface area (Å²) in [7, 11) is 3.28. The summed E-state index contributed by atoms with van der Waals surface area (Å²) in [6.45, 7) is 0. The minimum absolute atomic E-state index is 0.763. The molecule has 0 aliphatic rings. The average Bonchev–Trinajstić information content (AvgIpc) is 2.53. The van der Waals surface area contributed by atoms with Gasteiger partial charge in [0.15, 0.2) is 0 Å². The van der Waals surface area contributed by atoms with Gasteiger partial charge in [0.2, 0.25) is 0 Å². The number of hydrogen-bond acceptors (Lipinski definition) is 2. The molecular formula is C18H16O2. The lowest BCUT2D eigenvalue weighted by atomic mass is 10.1. The molecule has 2 aromatic carbocycles. The van der Waals surface area contributed by atoms with Crippen LogP contribution in [0.5, 0.6) is 11.5 Å². The Morgan fingerprint density at radius 1 is 0.900 bits per heavy atom. The van der Waals surface area contributed by atoms with Crippen molar-refractivity contribution in [3.63, 3.8) is 0 Å².